The van der Waals surface area contributed by atoms with E-state index in [0.29, 0.717) is 11.6 Å². The molecule has 1 aliphatic rings. The summed E-state index contributed by atoms with van der Waals surface area (Å²) in [4.78, 5) is 16.0. The van der Waals surface area contributed by atoms with Gasteiger partial charge >= 0.3 is 0 Å². The van der Waals surface area contributed by atoms with Crippen LogP contribution in [0, 0.1) is 0 Å². The van der Waals surface area contributed by atoms with Crippen LogP contribution in [0.5, 0.6) is 0 Å². The van der Waals surface area contributed by atoms with Crippen LogP contribution in [-0.2, 0) is 4.79 Å². The third-order valence-electron chi connectivity index (χ3n) is 3.52. The van der Waals surface area contributed by atoms with Crippen LogP contribution in [0.2, 0.25) is 5.15 Å². The fraction of sp³-hybridized carbons (Fsp3) is 0.467. The Hall–Kier alpha value is -1.60. The van der Waals surface area contributed by atoms with E-state index in [-0.39, 0.29) is 22.9 Å². The third-order valence-corrected chi connectivity index (χ3v) is 4.76. The van der Waals surface area contributed by atoms with Gasteiger partial charge in [-0.2, -0.15) is 0 Å². The van der Waals surface area contributed by atoms with E-state index in [4.69, 9.17) is 11.6 Å². The lowest BCUT2D eigenvalue weighted by molar-refractivity contribution is -0.113. The van der Waals surface area contributed by atoms with E-state index >= 15 is 0 Å². The molecular weight excluding hydrogens is 334 g/mol. The van der Waals surface area contributed by atoms with Gasteiger partial charge in [0.1, 0.15) is 5.82 Å². The van der Waals surface area contributed by atoms with Crippen LogP contribution in [0.15, 0.2) is 23.5 Å². The number of hydrogen-bond donors (Lipinski definition) is 1. The first-order valence-electron chi connectivity index (χ1n) is 7.54. The highest BCUT2D eigenvalue weighted by Crippen LogP contribution is 2.41. The molecule has 6 nitrogen and oxygen atoms in total. The van der Waals surface area contributed by atoms with Gasteiger partial charge in [0.05, 0.1) is 11.4 Å². The smallest absolute Gasteiger partial charge is 0.234 e. The van der Waals surface area contributed by atoms with Crippen LogP contribution < -0.4 is 5.32 Å². The van der Waals surface area contributed by atoms with Crippen LogP contribution in [-0.4, -0.2) is 31.4 Å². The highest BCUT2D eigenvalue weighted by molar-refractivity contribution is 7.99. The predicted molar refractivity (Wildman–Crippen MR) is 91.0 cm³/mol. The Balaban J connectivity index is 1.64. The lowest BCUT2D eigenvalue weighted by Gasteiger charge is -2.13. The van der Waals surface area contributed by atoms with Gasteiger partial charge in [-0.25, -0.2) is 4.98 Å². The fourth-order valence-electron chi connectivity index (χ4n) is 2.29. The van der Waals surface area contributed by atoms with Gasteiger partial charge in [-0.05, 0) is 38.8 Å². The van der Waals surface area contributed by atoms with E-state index < -0.39 is 0 Å². The number of nitrogens with zero attached hydrogens (tertiary/aromatic N) is 4. The second kappa shape index (κ2) is 6.88. The molecular formula is C15H18ClN5OS. The predicted octanol–water partition coefficient (Wildman–Crippen LogP) is 3.52. The number of amides is 1. The molecule has 0 spiro atoms. The molecule has 2 heterocycles. The summed E-state index contributed by atoms with van der Waals surface area (Å²) in [6, 6.07) is 3.73. The Morgan fingerprint density at radius 1 is 1.48 bits per heavy atom. The van der Waals surface area contributed by atoms with Gasteiger partial charge in [-0.15, -0.1) is 10.2 Å². The topological polar surface area (TPSA) is 72.7 Å². The molecule has 1 fully saturated rings. The quantitative estimate of drug-likeness (QED) is 0.636. The van der Waals surface area contributed by atoms with E-state index in [1.54, 1.807) is 18.3 Å². The van der Waals surface area contributed by atoms with Gasteiger partial charge in [0.15, 0.2) is 10.3 Å². The van der Waals surface area contributed by atoms with Crippen molar-refractivity contribution in [2.75, 3.05) is 11.1 Å². The maximum absolute atomic E-state index is 12.1. The second-order valence-electron chi connectivity index (χ2n) is 5.76. The van der Waals surface area contributed by atoms with E-state index in [2.05, 4.69) is 38.9 Å². The SMILES string of the molecule is CC(C)n1c(SCC(=O)Nc2cccnc2Cl)nnc1C1CC1. The monoisotopic (exact) mass is 351 g/mol. The molecule has 1 N–H and O–H groups in total. The molecule has 0 aliphatic heterocycles. The Kier molecular flexibility index (Phi) is 4.87. The summed E-state index contributed by atoms with van der Waals surface area (Å²) in [5.41, 5.74) is 0.517. The van der Waals surface area contributed by atoms with Crippen molar-refractivity contribution in [1.29, 1.82) is 0 Å². The number of nitrogens with one attached hydrogen (secondary N) is 1. The van der Waals surface area contributed by atoms with Crippen LogP contribution >= 0.6 is 23.4 Å². The Morgan fingerprint density at radius 2 is 2.26 bits per heavy atom. The summed E-state index contributed by atoms with van der Waals surface area (Å²) in [6.45, 7) is 4.21. The van der Waals surface area contributed by atoms with E-state index in [1.165, 1.54) is 24.6 Å². The zero-order chi connectivity index (χ0) is 16.4. The van der Waals surface area contributed by atoms with Crippen molar-refractivity contribution in [3.05, 3.63) is 29.3 Å². The Morgan fingerprint density at radius 3 is 2.91 bits per heavy atom. The molecule has 0 atom stereocenters. The van der Waals surface area contributed by atoms with Crippen molar-refractivity contribution in [1.82, 2.24) is 19.7 Å². The molecule has 2 aromatic rings. The normalized spacial score (nSPS) is 14.3. The van der Waals surface area contributed by atoms with Gasteiger partial charge in [0.25, 0.3) is 0 Å². The van der Waals surface area contributed by atoms with Crippen molar-refractivity contribution in [2.24, 2.45) is 0 Å². The second-order valence-corrected chi connectivity index (χ2v) is 7.06. The minimum absolute atomic E-state index is 0.142. The number of aromatic nitrogens is 4. The molecule has 2 aromatic heterocycles. The lowest BCUT2D eigenvalue weighted by atomic mass is 10.3. The first-order valence-corrected chi connectivity index (χ1v) is 8.90. The number of thioether (sulfide) groups is 1. The van der Waals surface area contributed by atoms with E-state index in [9.17, 15) is 4.79 Å². The summed E-state index contributed by atoms with van der Waals surface area (Å²) >= 11 is 7.33. The van der Waals surface area contributed by atoms with Crippen LogP contribution in [0.25, 0.3) is 0 Å². The van der Waals surface area contributed by atoms with Gasteiger partial charge in [0, 0.05) is 18.2 Å². The molecule has 0 bridgehead atoms. The van der Waals surface area contributed by atoms with Crippen LogP contribution in [0.1, 0.15) is 44.5 Å². The highest BCUT2D eigenvalue weighted by Gasteiger charge is 2.31. The molecule has 122 valence electrons. The average Bonchev–Trinajstić information content (AvgIpc) is 3.27. The van der Waals surface area contributed by atoms with E-state index in [1.807, 2.05) is 0 Å². The zero-order valence-electron chi connectivity index (χ0n) is 13.0. The molecule has 0 radical (unpaired) electrons. The lowest BCUT2D eigenvalue weighted by Crippen LogP contribution is -2.15. The standard InChI is InChI=1S/C15H18ClN5OS/c1-9(2)21-14(10-5-6-10)19-20-15(21)23-8-12(22)18-11-4-3-7-17-13(11)16/h3-4,7,9-10H,5-6,8H2,1-2H3,(H,18,22). The molecule has 1 saturated carbocycles. The minimum Gasteiger partial charge on any atom is -0.323 e. The summed E-state index contributed by atoms with van der Waals surface area (Å²) in [6.07, 6.45) is 3.93. The number of rotatable bonds is 6. The zero-order valence-corrected chi connectivity index (χ0v) is 14.6. The number of carbonyl (C=O) groups is 1. The summed E-state index contributed by atoms with van der Waals surface area (Å²) in [5, 5.41) is 12.4. The van der Waals surface area contributed by atoms with Crippen LogP contribution in [0.3, 0.4) is 0 Å². The molecule has 0 saturated heterocycles. The van der Waals surface area contributed by atoms with Crippen molar-refractivity contribution in [2.45, 2.75) is 43.8 Å². The van der Waals surface area contributed by atoms with Gasteiger partial charge in [0.2, 0.25) is 5.91 Å². The number of halogens is 1. The van der Waals surface area contributed by atoms with Gasteiger partial charge in [-0.1, -0.05) is 23.4 Å². The molecule has 0 aromatic carbocycles. The summed E-state index contributed by atoms with van der Waals surface area (Å²) in [7, 11) is 0. The molecule has 8 heteroatoms. The van der Waals surface area contributed by atoms with Crippen molar-refractivity contribution in [3.8, 4) is 0 Å². The average molecular weight is 352 g/mol. The number of hydrogen-bond acceptors (Lipinski definition) is 5. The van der Waals surface area contributed by atoms with E-state index in [0.717, 1.165) is 11.0 Å². The van der Waals surface area contributed by atoms with Crippen molar-refractivity contribution in [3.63, 3.8) is 0 Å². The molecule has 0 unspecified atom stereocenters. The largest absolute Gasteiger partial charge is 0.323 e. The summed E-state index contributed by atoms with van der Waals surface area (Å²) in [5.74, 6) is 1.68. The maximum atomic E-state index is 12.1. The van der Waals surface area contributed by atoms with Crippen molar-refractivity contribution >= 4 is 35.0 Å². The fourth-order valence-corrected chi connectivity index (χ4v) is 3.33. The first-order chi connectivity index (χ1) is 11.1. The van der Waals surface area contributed by atoms with Crippen LogP contribution in [0.4, 0.5) is 5.69 Å². The summed E-state index contributed by atoms with van der Waals surface area (Å²) < 4.78 is 2.13. The first kappa shape index (κ1) is 16.3. The molecule has 1 aliphatic carbocycles. The Bertz CT molecular complexity index is 714. The minimum atomic E-state index is -0.142. The molecule has 23 heavy (non-hydrogen) atoms. The number of pyridine rings is 1. The van der Waals surface area contributed by atoms with Crippen molar-refractivity contribution < 1.29 is 4.79 Å². The number of carbonyl (C=O) groups excluding carboxylic acids is 1. The third kappa shape index (κ3) is 3.84. The van der Waals surface area contributed by atoms with Gasteiger partial charge < -0.3 is 9.88 Å². The van der Waals surface area contributed by atoms with Gasteiger partial charge in [-0.3, -0.25) is 4.79 Å². The Labute approximate surface area is 144 Å². The molecule has 3 rings (SSSR count). The maximum Gasteiger partial charge on any atom is 0.234 e. The molecule has 1 amide bonds. The highest BCUT2D eigenvalue weighted by atomic mass is 35.5. The number of anilines is 1.